The molecule has 0 bridgehead atoms. The maximum atomic E-state index is 13.4. The molecule has 6 heteroatoms. The molecule has 2 rings (SSSR count). The molecule has 3 N–H and O–H groups in total. The lowest BCUT2D eigenvalue weighted by Crippen LogP contribution is -2.29. The smallest absolute Gasteiger partial charge is 0.124 e. The van der Waals surface area contributed by atoms with Crippen LogP contribution in [0.15, 0.2) is 36.5 Å². The molecule has 1 atom stereocenters. The Bertz CT molecular complexity index is 562. The number of aromatic nitrogens is 1. The molecule has 1 unspecified atom stereocenters. The third-order valence-corrected chi connectivity index (χ3v) is 2.94. The second-order valence-corrected chi connectivity index (χ2v) is 4.32. The standard InChI is InChI=1S/C13H13ClFN3O/c1-19-12-5-3-9(15)6-10(12)13(18-16)11-4-2-8(14)7-17-11/h2-7,13,18H,16H2,1H3. The van der Waals surface area contributed by atoms with Gasteiger partial charge in [-0.15, -0.1) is 0 Å². The molecule has 1 aromatic carbocycles. The number of halogens is 2. The van der Waals surface area contributed by atoms with E-state index in [0.29, 0.717) is 22.0 Å². The lowest BCUT2D eigenvalue weighted by Gasteiger charge is -2.18. The van der Waals surface area contributed by atoms with E-state index in [0.717, 1.165) is 0 Å². The number of benzene rings is 1. The molecule has 2 aromatic rings. The average molecular weight is 282 g/mol. The molecule has 0 fully saturated rings. The number of nitrogens with two attached hydrogens (primary N) is 1. The van der Waals surface area contributed by atoms with Gasteiger partial charge in [0.05, 0.1) is 23.9 Å². The first kappa shape index (κ1) is 13.7. The lowest BCUT2D eigenvalue weighted by atomic mass is 10.0. The van der Waals surface area contributed by atoms with E-state index in [-0.39, 0.29) is 5.82 Å². The zero-order valence-corrected chi connectivity index (χ0v) is 11.0. The highest BCUT2D eigenvalue weighted by molar-refractivity contribution is 6.30. The second-order valence-electron chi connectivity index (χ2n) is 3.89. The number of nitrogens with zero attached hydrogens (tertiary/aromatic N) is 1. The van der Waals surface area contributed by atoms with Crippen molar-refractivity contribution in [1.29, 1.82) is 0 Å². The highest BCUT2D eigenvalue weighted by Gasteiger charge is 2.19. The van der Waals surface area contributed by atoms with Crippen molar-refractivity contribution in [2.45, 2.75) is 6.04 Å². The molecule has 1 heterocycles. The first-order valence-corrected chi connectivity index (χ1v) is 5.94. The Hall–Kier alpha value is -1.69. The van der Waals surface area contributed by atoms with Crippen molar-refractivity contribution in [3.63, 3.8) is 0 Å². The van der Waals surface area contributed by atoms with Gasteiger partial charge < -0.3 is 4.74 Å². The van der Waals surface area contributed by atoms with E-state index in [4.69, 9.17) is 22.2 Å². The monoisotopic (exact) mass is 281 g/mol. The summed E-state index contributed by atoms with van der Waals surface area (Å²) in [6, 6.07) is 7.16. The molecule has 0 saturated carbocycles. The first-order valence-electron chi connectivity index (χ1n) is 5.56. The van der Waals surface area contributed by atoms with E-state index in [2.05, 4.69) is 10.4 Å². The minimum atomic E-state index is -0.483. The summed E-state index contributed by atoms with van der Waals surface area (Å²) in [5.74, 6) is 5.71. The van der Waals surface area contributed by atoms with Crippen LogP contribution < -0.4 is 16.0 Å². The van der Waals surface area contributed by atoms with Crippen molar-refractivity contribution < 1.29 is 9.13 Å². The van der Waals surface area contributed by atoms with E-state index in [1.54, 1.807) is 18.2 Å². The molecule has 0 aliphatic rings. The summed E-state index contributed by atoms with van der Waals surface area (Å²) in [4.78, 5) is 4.18. The number of hydrogen-bond donors (Lipinski definition) is 2. The lowest BCUT2D eigenvalue weighted by molar-refractivity contribution is 0.402. The molecular formula is C13H13ClFN3O. The second kappa shape index (κ2) is 5.97. The van der Waals surface area contributed by atoms with Gasteiger partial charge in [-0.25, -0.2) is 9.82 Å². The summed E-state index contributed by atoms with van der Waals surface area (Å²) in [5, 5.41) is 0.519. The molecule has 4 nitrogen and oxygen atoms in total. The third-order valence-electron chi connectivity index (χ3n) is 2.72. The van der Waals surface area contributed by atoms with Crippen LogP contribution in [-0.4, -0.2) is 12.1 Å². The Morgan fingerprint density at radius 2 is 2.16 bits per heavy atom. The molecule has 19 heavy (non-hydrogen) atoms. The van der Waals surface area contributed by atoms with Gasteiger partial charge in [-0.05, 0) is 30.3 Å². The molecule has 0 radical (unpaired) electrons. The van der Waals surface area contributed by atoms with Crippen LogP contribution in [0.3, 0.4) is 0 Å². The number of methoxy groups -OCH3 is 1. The number of hydrogen-bond acceptors (Lipinski definition) is 4. The quantitative estimate of drug-likeness (QED) is 0.667. The molecule has 1 aromatic heterocycles. The summed E-state index contributed by atoms with van der Waals surface area (Å²) < 4.78 is 18.6. The fourth-order valence-corrected chi connectivity index (χ4v) is 1.94. The Morgan fingerprint density at radius 3 is 2.74 bits per heavy atom. The summed E-state index contributed by atoms with van der Waals surface area (Å²) in [6.07, 6.45) is 1.51. The number of rotatable bonds is 4. The van der Waals surface area contributed by atoms with Gasteiger partial charge in [0.1, 0.15) is 11.6 Å². The van der Waals surface area contributed by atoms with Crippen LogP contribution in [0.1, 0.15) is 17.3 Å². The largest absolute Gasteiger partial charge is 0.496 e. The maximum Gasteiger partial charge on any atom is 0.124 e. The van der Waals surface area contributed by atoms with Crippen molar-refractivity contribution in [2.24, 2.45) is 5.84 Å². The molecule has 0 spiro atoms. The summed E-state index contributed by atoms with van der Waals surface area (Å²) in [5.41, 5.74) is 3.79. The highest BCUT2D eigenvalue weighted by Crippen LogP contribution is 2.29. The van der Waals surface area contributed by atoms with Gasteiger partial charge in [0.2, 0.25) is 0 Å². The first-order chi connectivity index (χ1) is 9.15. The van der Waals surface area contributed by atoms with Gasteiger partial charge in [0, 0.05) is 11.8 Å². The average Bonchev–Trinajstić information content (AvgIpc) is 2.42. The van der Waals surface area contributed by atoms with Crippen LogP contribution in [0.4, 0.5) is 4.39 Å². The SMILES string of the molecule is COc1ccc(F)cc1C(NN)c1ccc(Cl)cn1. The minimum Gasteiger partial charge on any atom is -0.496 e. The molecular weight excluding hydrogens is 269 g/mol. The van der Waals surface area contributed by atoms with Crippen molar-refractivity contribution in [1.82, 2.24) is 10.4 Å². The van der Waals surface area contributed by atoms with E-state index >= 15 is 0 Å². The van der Waals surface area contributed by atoms with Crippen molar-refractivity contribution in [3.8, 4) is 5.75 Å². The summed E-state index contributed by atoms with van der Waals surface area (Å²) in [7, 11) is 1.51. The van der Waals surface area contributed by atoms with Crippen LogP contribution in [0, 0.1) is 5.82 Å². The maximum absolute atomic E-state index is 13.4. The van der Waals surface area contributed by atoms with E-state index in [1.807, 2.05) is 0 Å². The molecule has 0 aliphatic heterocycles. The molecule has 100 valence electrons. The number of ether oxygens (including phenoxy) is 1. The van der Waals surface area contributed by atoms with E-state index < -0.39 is 6.04 Å². The van der Waals surface area contributed by atoms with Crippen LogP contribution in [-0.2, 0) is 0 Å². The summed E-state index contributed by atoms with van der Waals surface area (Å²) >= 11 is 5.79. The highest BCUT2D eigenvalue weighted by atomic mass is 35.5. The van der Waals surface area contributed by atoms with Crippen molar-refractivity contribution >= 4 is 11.6 Å². The van der Waals surface area contributed by atoms with Crippen LogP contribution in [0.5, 0.6) is 5.75 Å². The topological polar surface area (TPSA) is 60.2 Å². The number of nitrogens with one attached hydrogen (secondary N) is 1. The zero-order chi connectivity index (χ0) is 13.8. The number of hydrazine groups is 1. The predicted molar refractivity (Wildman–Crippen MR) is 71.4 cm³/mol. The number of pyridine rings is 1. The molecule has 0 saturated heterocycles. The molecule has 0 aliphatic carbocycles. The Kier molecular flexibility index (Phi) is 4.31. The Labute approximate surface area is 115 Å². The van der Waals surface area contributed by atoms with Crippen LogP contribution in [0.25, 0.3) is 0 Å². The summed E-state index contributed by atoms with van der Waals surface area (Å²) in [6.45, 7) is 0. The normalized spacial score (nSPS) is 12.2. The van der Waals surface area contributed by atoms with Gasteiger partial charge in [-0.3, -0.25) is 10.8 Å². The predicted octanol–water partition coefficient (Wildman–Crippen LogP) is 2.44. The zero-order valence-electron chi connectivity index (χ0n) is 10.2. The third kappa shape index (κ3) is 3.01. The van der Waals surface area contributed by atoms with Crippen molar-refractivity contribution in [3.05, 3.63) is 58.6 Å². The Balaban J connectivity index is 2.47. The van der Waals surface area contributed by atoms with Crippen LogP contribution >= 0.6 is 11.6 Å². The van der Waals surface area contributed by atoms with Gasteiger partial charge in [-0.1, -0.05) is 11.6 Å². The van der Waals surface area contributed by atoms with Gasteiger partial charge in [-0.2, -0.15) is 0 Å². The fraction of sp³-hybridized carbons (Fsp3) is 0.154. The van der Waals surface area contributed by atoms with E-state index in [1.165, 1.54) is 25.4 Å². The fourth-order valence-electron chi connectivity index (χ4n) is 1.82. The van der Waals surface area contributed by atoms with Gasteiger partial charge in [0.25, 0.3) is 0 Å². The van der Waals surface area contributed by atoms with Gasteiger partial charge in [0.15, 0.2) is 0 Å². The van der Waals surface area contributed by atoms with E-state index in [9.17, 15) is 4.39 Å². The van der Waals surface area contributed by atoms with Crippen LogP contribution in [0.2, 0.25) is 5.02 Å². The molecule has 0 amide bonds. The Morgan fingerprint density at radius 1 is 1.37 bits per heavy atom. The van der Waals surface area contributed by atoms with Gasteiger partial charge >= 0.3 is 0 Å². The van der Waals surface area contributed by atoms with Crippen molar-refractivity contribution in [2.75, 3.05) is 7.11 Å². The minimum absolute atomic E-state index is 0.370.